The molecule has 0 radical (unpaired) electrons. The van der Waals surface area contributed by atoms with Crippen LogP contribution in [0.1, 0.15) is 26.2 Å². The van der Waals surface area contributed by atoms with Crippen LogP contribution in [-0.4, -0.2) is 24.2 Å². The molecule has 0 fully saturated rings. The fraction of sp³-hybridized carbons (Fsp3) is 0.583. The minimum absolute atomic E-state index is 0.272. The molecule has 0 aliphatic rings. The highest BCUT2D eigenvalue weighted by atomic mass is 32.2. The lowest BCUT2D eigenvalue weighted by atomic mass is 9.94. The van der Waals surface area contributed by atoms with Crippen molar-refractivity contribution in [2.24, 2.45) is 5.73 Å². The second-order valence-corrected chi connectivity index (χ2v) is 6.53. The molecular weight excluding hydrogens is 252 g/mol. The van der Waals surface area contributed by atoms with E-state index in [4.69, 9.17) is 5.73 Å². The summed E-state index contributed by atoms with van der Waals surface area (Å²) in [6, 6.07) is 4.20. The first kappa shape index (κ1) is 14.5. The van der Waals surface area contributed by atoms with Crippen LogP contribution in [-0.2, 0) is 4.79 Å². The van der Waals surface area contributed by atoms with E-state index in [0.29, 0.717) is 0 Å². The number of likely N-dealkylation sites (N-methyl/N-ethyl adjacent to an activating group) is 1. The van der Waals surface area contributed by atoms with E-state index in [9.17, 15) is 4.79 Å². The van der Waals surface area contributed by atoms with Gasteiger partial charge in [0.15, 0.2) is 0 Å². The molecule has 0 aliphatic heterocycles. The summed E-state index contributed by atoms with van der Waals surface area (Å²) in [4.78, 5) is 11.3. The zero-order chi connectivity index (χ0) is 12.7. The Bertz CT molecular complexity index is 340. The Morgan fingerprint density at radius 1 is 1.59 bits per heavy atom. The van der Waals surface area contributed by atoms with Gasteiger partial charge < -0.3 is 11.1 Å². The summed E-state index contributed by atoms with van der Waals surface area (Å²) in [5.74, 6) is 0.824. The molecule has 0 aromatic carbocycles. The summed E-state index contributed by atoms with van der Waals surface area (Å²) in [6.45, 7) is 1.86. The van der Waals surface area contributed by atoms with Crippen LogP contribution in [0.15, 0.2) is 21.7 Å². The van der Waals surface area contributed by atoms with E-state index >= 15 is 0 Å². The maximum Gasteiger partial charge on any atom is 0.237 e. The Morgan fingerprint density at radius 2 is 2.35 bits per heavy atom. The topological polar surface area (TPSA) is 55.1 Å². The minimum Gasteiger partial charge on any atom is -0.368 e. The van der Waals surface area contributed by atoms with Gasteiger partial charge in [0.2, 0.25) is 5.91 Å². The maximum absolute atomic E-state index is 11.3. The van der Waals surface area contributed by atoms with Crippen molar-refractivity contribution in [2.45, 2.75) is 35.9 Å². The number of rotatable bonds is 8. The average Bonchev–Trinajstić information content (AvgIpc) is 2.81. The number of primary amides is 1. The zero-order valence-electron chi connectivity index (χ0n) is 10.4. The summed E-state index contributed by atoms with van der Waals surface area (Å²) >= 11 is 3.65. The van der Waals surface area contributed by atoms with Crippen molar-refractivity contribution in [3.05, 3.63) is 17.5 Å². The first-order valence-electron chi connectivity index (χ1n) is 5.73. The maximum atomic E-state index is 11.3. The molecule has 1 rings (SSSR count). The largest absolute Gasteiger partial charge is 0.368 e. The van der Waals surface area contributed by atoms with Crippen LogP contribution in [0.4, 0.5) is 0 Å². The Labute approximate surface area is 111 Å². The molecule has 0 aliphatic carbocycles. The van der Waals surface area contributed by atoms with Crippen LogP contribution >= 0.6 is 23.1 Å². The fourth-order valence-electron chi connectivity index (χ4n) is 1.47. The number of amides is 1. The Morgan fingerprint density at radius 3 is 2.88 bits per heavy atom. The number of nitrogens with one attached hydrogen (secondary N) is 1. The molecule has 0 bridgehead atoms. The molecule has 1 amide bonds. The zero-order valence-corrected chi connectivity index (χ0v) is 12.0. The molecular formula is C12H20N2OS2. The molecule has 1 unspecified atom stereocenters. The van der Waals surface area contributed by atoms with Gasteiger partial charge in [0.05, 0.1) is 9.75 Å². The predicted octanol–water partition coefficient (Wildman–Crippen LogP) is 2.47. The normalized spacial score (nSPS) is 14.5. The number of hydrogen-bond donors (Lipinski definition) is 2. The number of nitrogens with two attached hydrogens (primary N) is 1. The molecule has 5 heteroatoms. The first-order valence-corrected chi connectivity index (χ1v) is 7.60. The number of carbonyl (C=O) groups is 1. The summed E-state index contributed by atoms with van der Waals surface area (Å²) in [7, 11) is 1.78. The number of unbranched alkanes of at least 4 members (excludes halogenated alkanes) is 1. The predicted molar refractivity (Wildman–Crippen MR) is 75.6 cm³/mol. The first-order chi connectivity index (χ1) is 8.08. The van der Waals surface area contributed by atoms with Crippen LogP contribution in [0.5, 0.6) is 0 Å². The van der Waals surface area contributed by atoms with Gasteiger partial charge in [0.1, 0.15) is 0 Å². The van der Waals surface area contributed by atoms with Gasteiger partial charge in [-0.3, -0.25) is 4.79 Å². The van der Waals surface area contributed by atoms with Crippen LogP contribution in [0.3, 0.4) is 0 Å². The molecule has 0 saturated heterocycles. The van der Waals surface area contributed by atoms with Crippen molar-refractivity contribution in [3.8, 4) is 0 Å². The second kappa shape index (κ2) is 7.03. The third kappa shape index (κ3) is 4.69. The molecule has 1 aromatic heterocycles. The van der Waals surface area contributed by atoms with Gasteiger partial charge in [-0.15, -0.1) is 23.1 Å². The van der Waals surface area contributed by atoms with E-state index in [1.807, 2.05) is 18.7 Å². The third-order valence-electron chi connectivity index (χ3n) is 2.91. The van der Waals surface area contributed by atoms with E-state index in [0.717, 1.165) is 25.0 Å². The van der Waals surface area contributed by atoms with Gasteiger partial charge in [-0.25, -0.2) is 0 Å². The molecule has 0 saturated carbocycles. The van der Waals surface area contributed by atoms with Crippen LogP contribution < -0.4 is 11.1 Å². The van der Waals surface area contributed by atoms with Crippen molar-refractivity contribution in [1.29, 1.82) is 0 Å². The molecule has 1 heterocycles. The molecule has 3 nitrogen and oxygen atoms in total. The lowest BCUT2D eigenvalue weighted by Crippen LogP contribution is -2.51. The van der Waals surface area contributed by atoms with Crippen molar-refractivity contribution in [3.63, 3.8) is 0 Å². The third-order valence-corrected chi connectivity index (χ3v) is 5.12. The van der Waals surface area contributed by atoms with E-state index in [-0.39, 0.29) is 5.91 Å². The molecule has 96 valence electrons. The standard InChI is InChI=1S/C12H20N2OS2/c1-12(14-2,11(13)15)7-3-4-8-16-10-6-5-9-17-10/h5-6,9,14H,3-4,7-8H2,1-2H3,(H2,13,15). The Hall–Kier alpha value is -0.520. The second-order valence-electron chi connectivity index (χ2n) is 4.18. The number of hydrogen-bond acceptors (Lipinski definition) is 4. The molecule has 1 atom stereocenters. The van der Waals surface area contributed by atoms with Gasteiger partial charge in [-0.1, -0.05) is 12.5 Å². The number of carbonyl (C=O) groups excluding carboxylic acids is 1. The Balaban J connectivity index is 2.17. The van der Waals surface area contributed by atoms with Gasteiger partial charge >= 0.3 is 0 Å². The SMILES string of the molecule is CNC(C)(CCCCSc1cccs1)C(N)=O. The molecule has 17 heavy (non-hydrogen) atoms. The fourth-order valence-corrected chi connectivity index (χ4v) is 3.33. The van der Waals surface area contributed by atoms with Crippen LogP contribution in [0.25, 0.3) is 0 Å². The highest BCUT2D eigenvalue weighted by Crippen LogP contribution is 2.25. The lowest BCUT2D eigenvalue weighted by molar-refractivity contribution is -0.123. The van der Waals surface area contributed by atoms with Crippen molar-refractivity contribution in [1.82, 2.24) is 5.32 Å². The highest BCUT2D eigenvalue weighted by Gasteiger charge is 2.27. The van der Waals surface area contributed by atoms with E-state index < -0.39 is 5.54 Å². The van der Waals surface area contributed by atoms with Gasteiger partial charge in [0, 0.05) is 0 Å². The van der Waals surface area contributed by atoms with E-state index in [1.54, 1.807) is 18.4 Å². The minimum atomic E-state index is -0.562. The summed E-state index contributed by atoms with van der Waals surface area (Å²) < 4.78 is 1.36. The summed E-state index contributed by atoms with van der Waals surface area (Å²) in [5.41, 5.74) is 4.81. The number of thioether (sulfide) groups is 1. The summed E-state index contributed by atoms with van der Waals surface area (Å²) in [6.07, 6.45) is 2.91. The molecule has 3 N–H and O–H groups in total. The van der Waals surface area contributed by atoms with Gasteiger partial charge in [-0.05, 0) is 44.0 Å². The average molecular weight is 272 g/mol. The lowest BCUT2D eigenvalue weighted by Gasteiger charge is -2.25. The van der Waals surface area contributed by atoms with Crippen molar-refractivity contribution >= 4 is 29.0 Å². The van der Waals surface area contributed by atoms with Gasteiger partial charge in [-0.2, -0.15) is 0 Å². The molecule has 1 aromatic rings. The summed E-state index contributed by atoms with van der Waals surface area (Å²) in [5, 5.41) is 5.09. The van der Waals surface area contributed by atoms with E-state index in [2.05, 4.69) is 22.8 Å². The molecule has 0 spiro atoms. The number of thiophene rings is 1. The van der Waals surface area contributed by atoms with Crippen LogP contribution in [0.2, 0.25) is 0 Å². The van der Waals surface area contributed by atoms with Gasteiger partial charge in [0.25, 0.3) is 0 Å². The smallest absolute Gasteiger partial charge is 0.237 e. The van der Waals surface area contributed by atoms with E-state index in [1.165, 1.54) is 4.21 Å². The Kier molecular flexibility index (Phi) is 6.02. The van der Waals surface area contributed by atoms with Crippen molar-refractivity contribution in [2.75, 3.05) is 12.8 Å². The quantitative estimate of drug-likeness (QED) is 0.564. The monoisotopic (exact) mass is 272 g/mol. The van der Waals surface area contributed by atoms with Crippen LogP contribution in [0, 0.1) is 0 Å². The highest BCUT2D eigenvalue weighted by molar-refractivity contribution is 8.01. The van der Waals surface area contributed by atoms with Crippen molar-refractivity contribution < 1.29 is 4.79 Å².